The van der Waals surface area contributed by atoms with E-state index in [4.69, 9.17) is 9.47 Å². The van der Waals surface area contributed by atoms with E-state index in [0.29, 0.717) is 12.8 Å². The van der Waals surface area contributed by atoms with Crippen LogP contribution in [-0.2, 0) is 14.2 Å². The average molecular weight is 286 g/mol. The largest absolute Gasteiger partial charge is 0.419 e. The van der Waals surface area contributed by atoms with Crippen LogP contribution in [-0.4, -0.2) is 37.1 Å². The van der Waals surface area contributed by atoms with Gasteiger partial charge in [-0.2, -0.15) is 17.6 Å². The third-order valence-electron chi connectivity index (χ3n) is 3.49. The summed E-state index contributed by atoms with van der Waals surface area (Å²) in [6.45, 7) is -0.370. The minimum absolute atomic E-state index is 0.103. The van der Waals surface area contributed by atoms with Crippen molar-refractivity contribution >= 4 is 0 Å². The molecule has 1 saturated heterocycles. The maximum atomic E-state index is 12.9. The highest BCUT2D eigenvalue weighted by atomic mass is 19.3. The van der Waals surface area contributed by atoms with E-state index in [2.05, 4.69) is 4.74 Å². The number of ether oxygens (including phenoxy) is 3. The molecule has 1 heterocycles. The minimum atomic E-state index is -4.49. The van der Waals surface area contributed by atoms with Crippen LogP contribution in [0.15, 0.2) is 0 Å². The Bertz CT molecular complexity index is 311. The van der Waals surface area contributed by atoms with E-state index in [1.54, 1.807) is 0 Å². The lowest BCUT2D eigenvalue weighted by atomic mass is 9.94. The first-order chi connectivity index (χ1) is 8.74. The van der Waals surface area contributed by atoms with Gasteiger partial charge in [0.15, 0.2) is 5.79 Å². The van der Waals surface area contributed by atoms with E-state index < -0.39 is 30.5 Å². The summed E-state index contributed by atoms with van der Waals surface area (Å²) in [7, 11) is 0. The topological polar surface area (TPSA) is 27.7 Å². The van der Waals surface area contributed by atoms with Gasteiger partial charge >= 0.3 is 12.0 Å². The Labute approximate surface area is 109 Å². The molecule has 0 aromatic rings. The van der Waals surface area contributed by atoms with E-state index in [9.17, 15) is 17.6 Å². The summed E-state index contributed by atoms with van der Waals surface area (Å²) < 4.78 is 66.2. The van der Waals surface area contributed by atoms with E-state index in [0.717, 1.165) is 19.3 Å². The molecular weight excluding hydrogens is 268 g/mol. The third kappa shape index (κ3) is 3.38. The van der Waals surface area contributed by atoms with Crippen LogP contribution >= 0.6 is 0 Å². The fourth-order valence-corrected chi connectivity index (χ4v) is 2.38. The summed E-state index contributed by atoms with van der Waals surface area (Å²) >= 11 is 0. The molecule has 0 N–H and O–H groups in total. The van der Waals surface area contributed by atoms with Crippen molar-refractivity contribution in [2.24, 2.45) is 0 Å². The lowest BCUT2D eigenvalue weighted by Gasteiger charge is -2.32. The molecule has 0 aromatic carbocycles. The molecule has 1 unspecified atom stereocenters. The van der Waals surface area contributed by atoms with Crippen LogP contribution in [0.25, 0.3) is 0 Å². The molecule has 1 spiro atoms. The molecule has 7 heteroatoms. The van der Waals surface area contributed by atoms with Gasteiger partial charge in [-0.25, -0.2) is 0 Å². The molecule has 0 aromatic heterocycles. The van der Waals surface area contributed by atoms with Crippen molar-refractivity contribution in [3.05, 3.63) is 0 Å². The van der Waals surface area contributed by atoms with Crippen LogP contribution in [0.5, 0.6) is 0 Å². The zero-order chi connectivity index (χ0) is 14.1. The molecule has 0 radical (unpaired) electrons. The summed E-state index contributed by atoms with van der Waals surface area (Å²) in [6.07, 6.45) is -0.776. The van der Waals surface area contributed by atoms with E-state index >= 15 is 0 Å². The predicted octanol–water partition coefficient (Wildman–Crippen LogP) is 3.33. The van der Waals surface area contributed by atoms with Crippen molar-refractivity contribution in [2.45, 2.75) is 63.0 Å². The fraction of sp³-hybridized carbons (Fsp3) is 1.00. The Morgan fingerprint density at radius 1 is 1.16 bits per heavy atom. The van der Waals surface area contributed by atoms with Crippen molar-refractivity contribution in [1.82, 2.24) is 0 Å². The molecule has 3 nitrogen and oxygen atoms in total. The molecule has 1 aliphatic carbocycles. The molecule has 1 saturated carbocycles. The maximum Gasteiger partial charge on any atom is 0.419 e. The summed E-state index contributed by atoms with van der Waals surface area (Å²) in [5.74, 6) is -4.93. The van der Waals surface area contributed by atoms with Gasteiger partial charge in [-0.05, 0) is 12.8 Å². The highest BCUT2D eigenvalue weighted by Crippen LogP contribution is 2.39. The maximum absolute atomic E-state index is 12.9. The van der Waals surface area contributed by atoms with Crippen LogP contribution in [0.4, 0.5) is 17.6 Å². The second-order valence-corrected chi connectivity index (χ2v) is 5.24. The fourth-order valence-electron chi connectivity index (χ4n) is 2.38. The lowest BCUT2D eigenvalue weighted by Crippen LogP contribution is -2.42. The zero-order valence-corrected chi connectivity index (χ0v) is 10.8. The van der Waals surface area contributed by atoms with Crippen LogP contribution in [0.2, 0.25) is 0 Å². The predicted molar refractivity (Wildman–Crippen MR) is 58.2 cm³/mol. The number of rotatable bonds is 4. The number of hydrogen-bond donors (Lipinski definition) is 0. The molecule has 2 fully saturated rings. The summed E-state index contributed by atoms with van der Waals surface area (Å²) in [4.78, 5) is 0. The first-order valence-electron chi connectivity index (χ1n) is 6.45. The molecular formula is C12H18F4O3. The van der Waals surface area contributed by atoms with Gasteiger partial charge in [0.1, 0.15) is 6.10 Å². The first-order valence-corrected chi connectivity index (χ1v) is 6.45. The van der Waals surface area contributed by atoms with Crippen molar-refractivity contribution in [1.29, 1.82) is 0 Å². The normalized spacial score (nSPS) is 27.9. The van der Waals surface area contributed by atoms with Crippen molar-refractivity contribution < 1.29 is 31.8 Å². The van der Waals surface area contributed by atoms with Crippen molar-refractivity contribution in [3.8, 4) is 0 Å². The molecule has 19 heavy (non-hydrogen) atoms. The Balaban J connectivity index is 1.82. The van der Waals surface area contributed by atoms with Gasteiger partial charge in [0, 0.05) is 19.8 Å². The van der Waals surface area contributed by atoms with Crippen LogP contribution in [0.1, 0.15) is 39.0 Å². The Morgan fingerprint density at radius 2 is 1.79 bits per heavy atom. The Kier molecular flexibility index (Phi) is 4.09. The summed E-state index contributed by atoms with van der Waals surface area (Å²) in [5, 5.41) is 0. The van der Waals surface area contributed by atoms with E-state index in [-0.39, 0.29) is 13.5 Å². The molecule has 0 bridgehead atoms. The molecule has 112 valence electrons. The highest BCUT2D eigenvalue weighted by molar-refractivity contribution is 4.83. The zero-order valence-electron chi connectivity index (χ0n) is 10.8. The quantitative estimate of drug-likeness (QED) is 0.742. The minimum Gasteiger partial charge on any atom is -0.347 e. The summed E-state index contributed by atoms with van der Waals surface area (Å²) in [6, 6.07) is 0. The highest BCUT2D eigenvalue weighted by Gasteiger charge is 2.54. The third-order valence-corrected chi connectivity index (χ3v) is 3.49. The Hall–Kier alpha value is -0.400. The SMILES string of the molecule is CC(F)(F)C(F)(F)OCC1COC2(CCCCC2)O1. The lowest BCUT2D eigenvalue weighted by molar-refractivity contribution is -0.347. The van der Waals surface area contributed by atoms with Gasteiger partial charge in [0.2, 0.25) is 0 Å². The van der Waals surface area contributed by atoms with E-state index in [1.165, 1.54) is 0 Å². The van der Waals surface area contributed by atoms with Crippen molar-refractivity contribution in [3.63, 3.8) is 0 Å². The van der Waals surface area contributed by atoms with Crippen LogP contribution < -0.4 is 0 Å². The number of alkyl halides is 4. The van der Waals surface area contributed by atoms with Gasteiger partial charge in [-0.3, -0.25) is 0 Å². The van der Waals surface area contributed by atoms with Gasteiger partial charge in [-0.1, -0.05) is 6.42 Å². The monoisotopic (exact) mass is 286 g/mol. The molecule has 2 rings (SSSR count). The second-order valence-electron chi connectivity index (χ2n) is 5.24. The van der Waals surface area contributed by atoms with Gasteiger partial charge < -0.3 is 14.2 Å². The molecule has 0 amide bonds. The standard InChI is InChI=1S/C12H18F4O3/c1-10(13,14)12(15,16)18-8-9-7-17-11(19-9)5-3-2-4-6-11/h9H,2-8H2,1H3. The van der Waals surface area contributed by atoms with Crippen molar-refractivity contribution in [2.75, 3.05) is 13.2 Å². The second kappa shape index (κ2) is 5.18. The molecule has 1 aliphatic heterocycles. The smallest absolute Gasteiger partial charge is 0.347 e. The first kappa shape index (κ1) is 15.0. The molecule has 2 aliphatic rings. The van der Waals surface area contributed by atoms with Gasteiger partial charge in [0.05, 0.1) is 13.2 Å². The van der Waals surface area contributed by atoms with Gasteiger partial charge in [0.25, 0.3) is 0 Å². The van der Waals surface area contributed by atoms with E-state index in [1.807, 2.05) is 0 Å². The Morgan fingerprint density at radius 3 is 2.37 bits per heavy atom. The van der Waals surface area contributed by atoms with Crippen LogP contribution in [0.3, 0.4) is 0 Å². The van der Waals surface area contributed by atoms with Gasteiger partial charge in [-0.15, -0.1) is 0 Å². The number of hydrogen-bond acceptors (Lipinski definition) is 3. The molecule has 1 atom stereocenters. The average Bonchev–Trinajstić information content (AvgIpc) is 2.70. The number of halogens is 4. The van der Waals surface area contributed by atoms with Crippen LogP contribution in [0, 0.1) is 0 Å². The summed E-state index contributed by atoms with van der Waals surface area (Å²) in [5.41, 5.74) is 0.